The van der Waals surface area contributed by atoms with Crippen LogP contribution in [0.3, 0.4) is 0 Å². The Hall–Kier alpha value is -1.76. The highest BCUT2D eigenvalue weighted by Crippen LogP contribution is 2.19. The molecule has 0 aliphatic carbocycles. The lowest BCUT2D eigenvalue weighted by Crippen LogP contribution is -2.38. The molecule has 0 unspecified atom stereocenters. The molecule has 0 saturated carbocycles. The van der Waals surface area contributed by atoms with E-state index < -0.39 is 18.5 Å². The van der Waals surface area contributed by atoms with Crippen LogP contribution in [0.2, 0.25) is 5.02 Å². The van der Waals surface area contributed by atoms with Gasteiger partial charge in [0.25, 0.3) is 0 Å². The van der Waals surface area contributed by atoms with E-state index in [1.165, 1.54) is 0 Å². The summed E-state index contributed by atoms with van der Waals surface area (Å²) in [6.07, 6.45) is 0. The predicted molar refractivity (Wildman–Crippen MR) is 65.5 cm³/mol. The number of hydrogen-bond donors (Lipinski definition) is 3. The molecule has 0 aliphatic heterocycles. The minimum atomic E-state index is -1.10. The summed E-state index contributed by atoms with van der Waals surface area (Å²) in [6, 6.07) is -0.560. The molecule has 1 heterocycles. The molecule has 1 aromatic heterocycles. The number of rotatable bonds is 5. The quantitative estimate of drug-likeness (QED) is 0.738. The second-order valence-corrected chi connectivity index (χ2v) is 3.97. The maximum Gasteiger partial charge on any atom is 0.323 e. The van der Waals surface area contributed by atoms with Crippen molar-refractivity contribution < 1.29 is 14.7 Å². The first-order valence-electron chi connectivity index (χ1n) is 5.41. The molecule has 1 aromatic rings. The van der Waals surface area contributed by atoms with Crippen LogP contribution < -0.4 is 10.6 Å². The largest absolute Gasteiger partial charge is 0.480 e. The monoisotopic (exact) mass is 274 g/mol. The van der Waals surface area contributed by atoms with Crippen molar-refractivity contribution in [3.8, 4) is 0 Å². The van der Waals surface area contributed by atoms with Crippen LogP contribution in [0.15, 0.2) is 0 Å². The minimum absolute atomic E-state index is 0.193. The van der Waals surface area contributed by atoms with Crippen LogP contribution in [0.5, 0.6) is 0 Å². The number of hydrogen-bond acceptors (Lipinski definition) is 3. The summed E-state index contributed by atoms with van der Waals surface area (Å²) in [5, 5.41) is 17.8. The van der Waals surface area contributed by atoms with E-state index in [9.17, 15) is 9.59 Å². The fourth-order valence-corrected chi connectivity index (χ4v) is 1.62. The normalized spacial score (nSPS) is 10.2. The van der Waals surface area contributed by atoms with Crippen molar-refractivity contribution in [1.82, 2.24) is 20.4 Å². The predicted octanol–water partition coefficient (Wildman–Crippen LogP) is 0.749. The average Bonchev–Trinajstić information content (AvgIpc) is 2.60. The Morgan fingerprint density at radius 3 is 2.67 bits per heavy atom. The number of aromatic nitrogens is 2. The Kier molecular flexibility index (Phi) is 4.96. The van der Waals surface area contributed by atoms with Crippen LogP contribution in [-0.2, 0) is 17.9 Å². The second kappa shape index (κ2) is 6.25. The standard InChI is InChI=1S/C10H15ClN4O3/c1-3-15-7(9(11)6(2)14-15)4-12-10(18)13-5-8(16)17/h3-5H2,1-2H3,(H,16,17)(H2,12,13,18). The van der Waals surface area contributed by atoms with E-state index in [0.29, 0.717) is 23.0 Å². The van der Waals surface area contributed by atoms with Crippen molar-refractivity contribution in [1.29, 1.82) is 0 Å². The van der Waals surface area contributed by atoms with Gasteiger partial charge >= 0.3 is 12.0 Å². The summed E-state index contributed by atoms with van der Waals surface area (Å²) < 4.78 is 1.69. The third-order valence-electron chi connectivity index (χ3n) is 2.27. The molecule has 8 heteroatoms. The summed E-state index contributed by atoms with van der Waals surface area (Å²) in [7, 11) is 0. The zero-order valence-electron chi connectivity index (χ0n) is 10.2. The van der Waals surface area contributed by atoms with E-state index in [0.717, 1.165) is 0 Å². The van der Waals surface area contributed by atoms with Gasteiger partial charge < -0.3 is 15.7 Å². The smallest absolute Gasteiger partial charge is 0.323 e. The molecule has 0 spiro atoms. The highest BCUT2D eigenvalue weighted by atomic mass is 35.5. The van der Waals surface area contributed by atoms with Gasteiger partial charge in [-0.25, -0.2) is 4.79 Å². The highest BCUT2D eigenvalue weighted by molar-refractivity contribution is 6.31. The molecule has 7 nitrogen and oxygen atoms in total. The third kappa shape index (κ3) is 3.63. The lowest BCUT2D eigenvalue weighted by atomic mass is 10.3. The van der Waals surface area contributed by atoms with Gasteiger partial charge in [0.15, 0.2) is 0 Å². The topological polar surface area (TPSA) is 96.3 Å². The van der Waals surface area contributed by atoms with Gasteiger partial charge in [0.2, 0.25) is 0 Å². The first-order chi connectivity index (χ1) is 8.45. The van der Waals surface area contributed by atoms with E-state index in [4.69, 9.17) is 16.7 Å². The molecule has 18 heavy (non-hydrogen) atoms. The third-order valence-corrected chi connectivity index (χ3v) is 2.76. The van der Waals surface area contributed by atoms with Crippen molar-refractivity contribution in [2.24, 2.45) is 0 Å². The lowest BCUT2D eigenvalue weighted by molar-refractivity contribution is -0.135. The summed E-state index contributed by atoms with van der Waals surface area (Å²) in [5.41, 5.74) is 1.39. The maximum atomic E-state index is 11.3. The van der Waals surface area contributed by atoms with Gasteiger partial charge in [-0.15, -0.1) is 0 Å². The van der Waals surface area contributed by atoms with Crippen molar-refractivity contribution in [3.05, 3.63) is 16.4 Å². The lowest BCUT2D eigenvalue weighted by Gasteiger charge is -2.08. The molecular formula is C10H15ClN4O3. The molecule has 2 amide bonds. The van der Waals surface area contributed by atoms with E-state index in [1.807, 2.05) is 6.92 Å². The van der Waals surface area contributed by atoms with Crippen LogP contribution in [0, 0.1) is 6.92 Å². The number of carbonyl (C=O) groups is 2. The van der Waals surface area contributed by atoms with Gasteiger partial charge in [0, 0.05) is 6.54 Å². The molecule has 0 aromatic carbocycles. The van der Waals surface area contributed by atoms with Gasteiger partial charge in [-0.2, -0.15) is 5.10 Å². The van der Waals surface area contributed by atoms with Gasteiger partial charge in [-0.3, -0.25) is 9.48 Å². The van der Waals surface area contributed by atoms with Crippen molar-refractivity contribution >= 4 is 23.6 Å². The molecular weight excluding hydrogens is 260 g/mol. The summed E-state index contributed by atoms with van der Waals surface area (Å²) in [6.45, 7) is 4.10. The number of aliphatic carboxylic acids is 1. The number of carboxylic acids is 1. The number of halogens is 1. The van der Waals surface area contributed by atoms with Crippen LogP contribution in [0.1, 0.15) is 18.3 Å². The van der Waals surface area contributed by atoms with E-state index in [2.05, 4.69) is 15.7 Å². The number of nitrogens with zero attached hydrogens (tertiary/aromatic N) is 2. The Bertz CT molecular complexity index is 458. The van der Waals surface area contributed by atoms with E-state index in [-0.39, 0.29) is 6.54 Å². The van der Waals surface area contributed by atoms with Crippen molar-refractivity contribution in [3.63, 3.8) is 0 Å². The Balaban J connectivity index is 2.58. The maximum absolute atomic E-state index is 11.3. The van der Waals surface area contributed by atoms with Crippen molar-refractivity contribution in [2.75, 3.05) is 6.54 Å². The fraction of sp³-hybridized carbons (Fsp3) is 0.500. The molecule has 3 N–H and O–H groups in total. The van der Waals surface area contributed by atoms with E-state index in [1.54, 1.807) is 11.6 Å². The number of amides is 2. The Morgan fingerprint density at radius 2 is 2.11 bits per heavy atom. The molecule has 0 fully saturated rings. The van der Waals surface area contributed by atoms with Crippen LogP contribution in [-0.4, -0.2) is 33.4 Å². The number of nitrogens with one attached hydrogen (secondary N) is 2. The molecule has 0 aliphatic rings. The average molecular weight is 275 g/mol. The summed E-state index contributed by atoms with van der Waals surface area (Å²) in [5.74, 6) is -1.10. The molecule has 1 rings (SSSR count). The van der Waals surface area contributed by atoms with Gasteiger partial charge in [-0.1, -0.05) is 11.6 Å². The number of aryl methyl sites for hydroxylation is 2. The van der Waals surface area contributed by atoms with Crippen LogP contribution in [0.4, 0.5) is 4.79 Å². The van der Waals surface area contributed by atoms with Crippen LogP contribution in [0.25, 0.3) is 0 Å². The second-order valence-electron chi connectivity index (χ2n) is 3.59. The molecule has 0 bridgehead atoms. The summed E-state index contributed by atoms with van der Waals surface area (Å²) >= 11 is 6.05. The zero-order valence-corrected chi connectivity index (χ0v) is 10.9. The van der Waals surface area contributed by atoms with Gasteiger partial charge in [0.1, 0.15) is 6.54 Å². The number of carbonyl (C=O) groups excluding carboxylic acids is 1. The summed E-state index contributed by atoms with van der Waals surface area (Å²) in [4.78, 5) is 21.5. The highest BCUT2D eigenvalue weighted by Gasteiger charge is 2.13. The first kappa shape index (κ1) is 14.3. The minimum Gasteiger partial charge on any atom is -0.480 e. The van der Waals surface area contributed by atoms with E-state index >= 15 is 0 Å². The molecule has 0 atom stereocenters. The fourth-order valence-electron chi connectivity index (χ4n) is 1.42. The van der Waals surface area contributed by atoms with Crippen molar-refractivity contribution in [2.45, 2.75) is 26.9 Å². The molecule has 100 valence electrons. The van der Waals surface area contributed by atoms with Gasteiger partial charge in [-0.05, 0) is 13.8 Å². The zero-order chi connectivity index (χ0) is 13.7. The Morgan fingerprint density at radius 1 is 1.44 bits per heavy atom. The van der Waals surface area contributed by atoms with Gasteiger partial charge in [0.05, 0.1) is 23.0 Å². The molecule has 0 saturated heterocycles. The SMILES string of the molecule is CCn1nc(C)c(Cl)c1CNC(=O)NCC(=O)O. The first-order valence-corrected chi connectivity index (χ1v) is 5.78. The van der Waals surface area contributed by atoms with Crippen LogP contribution >= 0.6 is 11.6 Å². The number of urea groups is 1. The Labute approximate surface area is 109 Å². The number of carboxylic acid groups (broad SMARTS) is 1. The molecule has 0 radical (unpaired) electrons.